The number of nitrogens with one attached hydrogen (secondary N) is 2. The zero-order valence-corrected chi connectivity index (χ0v) is 12.8. The van der Waals surface area contributed by atoms with Crippen LogP contribution in [-0.2, 0) is 0 Å². The quantitative estimate of drug-likeness (QED) is 0.260. The van der Waals surface area contributed by atoms with Crippen LogP contribution in [0.15, 0.2) is 53.8 Å². The molecule has 2 aromatic rings. The number of carbonyl (C=O) groups excluding carboxylic acids is 1. The van der Waals surface area contributed by atoms with Crippen molar-refractivity contribution in [2.24, 2.45) is 5.22 Å². The first-order chi connectivity index (χ1) is 11.0. The maximum absolute atomic E-state index is 13.2. The number of halogens is 2. The van der Waals surface area contributed by atoms with E-state index in [4.69, 9.17) is 22.5 Å². The predicted octanol–water partition coefficient (Wildman–Crippen LogP) is 4.87. The highest BCUT2D eigenvalue weighted by Gasteiger charge is 2.15. The van der Waals surface area contributed by atoms with Gasteiger partial charge in [0.15, 0.2) is 5.78 Å². The Morgan fingerprint density at radius 3 is 2.48 bits per heavy atom. The first-order valence-electron chi connectivity index (χ1n) is 6.81. The summed E-state index contributed by atoms with van der Waals surface area (Å²) < 4.78 is 13.2. The summed E-state index contributed by atoms with van der Waals surface area (Å²) in [6.07, 6.45) is 0.217. The van der Waals surface area contributed by atoms with Gasteiger partial charge in [-0.05, 0) is 18.2 Å². The Kier molecular flexibility index (Phi) is 5.54. The zero-order valence-electron chi connectivity index (χ0n) is 12.1. The van der Waals surface area contributed by atoms with Crippen molar-refractivity contribution < 1.29 is 9.18 Å². The summed E-state index contributed by atoms with van der Waals surface area (Å²) in [6, 6.07) is 12.6. The van der Waals surface area contributed by atoms with E-state index >= 15 is 0 Å². The van der Waals surface area contributed by atoms with Gasteiger partial charge >= 0.3 is 0 Å². The normalized spacial score (nSPS) is 10.2. The highest BCUT2D eigenvalue weighted by molar-refractivity contribution is 6.31. The van der Waals surface area contributed by atoms with Crippen LogP contribution in [0.2, 0.25) is 5.02 Å². The highest BCUT2D eigenvalue weighted by Crippen LogP contribution is 2.24. The molecule has 0 atom stereocenters. The molecule has 118 valence electrons. The first kappa shape index (κ1) is 16.8. The summed E-state index contributed by atoms with van der Waals surface area (Å²) in [6.45, 7) is 0. The minimum atomic E-state index is -0.592. The fourth-order valence-corrected chi connectivity index (χ4v) is 2.17. The molecule has 0 bridgehead atoms. The van der Waals surface area contributed by atoms with Gasteiger partial charge in [0, 0.05) is 18.4 Å². The van der Waals surface area contributed by atoms with E-state index in [9.17, 15) is 9.18 Å². The van der Waals surface area contributed by atoms with Crippen molar-refractivity contribution in [2.75, 3.05) is 5.01 Å². The minimum absolute atomic E-state index is 0.0491. The summed E-state index contributed by atoms with van der Waals surface area (Å²) >= 11 is 5.70. The molecule has 2 N–H and O–H groups in total. The van der Waals surface area contributed by atoms with Crippen molar-refractivity contribution in [1.82, 2.24) is 0 Å². The van der Waals surface area contributed by atoms with Gasteiger partial charge in [-0.25, -0.2) is 9.40 Å². The molecule has 0 aliphatic heterocycles. The molecular formula is C16H14ClFN4O. The number of Topliss-reactive ketones (excluding diaryl/α,β-unsaturated/α-hetero) is 1. The van der Waals surface area contributed by atoms with Gasteiger partial charge in [0.2, 0.25) is 0 Å². The number of rotatable bonds is 6. The summed E-state index contributed by atoms with van der Waals surface area (Å²) in [4.78, 5) is 12.0. The Bertz CT molecular complexity index is 736. The smallest absolute Gasteiger partial charge is 0.163 e. The van der Waals surface area contributed by atoms with Gasteiger partial charge in [-0.3, -0.25) is 10.2 Å². The molecule has 0 saturated carbocycles. The fourth-order valence-electron chi connectivity index (χ4n) is 2.00. The second-order valence-corrected chi connectivity index (χ2v) is 5.15. The third-order valence-electron chi connectivity index (χ3n) is 3.19. The summed E-state index contributed by atoms with van der Waals surface area (Å²) in [7, 11) is 0. The van der Waals surface area contributed by atoms with Crippen LogP contribution in [0.25, 0.3) is 0 Å². The van der Waals surface area contributed by atoms with Gasteiger partial charge in [-0.2, -0.15) is 5.53 Å². The zero-order chi connectivity index (χ0) is 16.8. The van der Waals surface area contributed by atoms with Crippen LogP contribution in [0.3, 0.4) is 0 Å². The monoisotopic (exact) mass is 332 g/mol. The molecule has 7 heteroatoms. The molecule has 0 aliphatic carbocycles. The Morgan fingerprint density at radius 2 is 1.87 bits per heavy atom. The number of hydrogen-bond acceptors (Lipinski definition) is 4. The number of ketones is 1. The molecule has 0 aromatic heterocycles. The van der Waals surface area contributed by atoms with Crippen LogP contribution < -0.4 is 5.01 Å². The third kappa shape index (κ3) is 4.20. The molecule has 0 spiro atoms. The van der Waals surface area contributed by atoms with Gasteiger partial charge in [0.05, 0.1) is 10.7 Å². The van der Waals surface area contributed by atoms with E-state index in [0.29, 0.717) is 11.3 Å². The first-order valence-corrected chi connectivity index (χ1v) is 7.19. The summed E-state index contributed by atoms with van der Waals surface area (Å²) in [5.41, 5.74) is 8.05. The molecule has 0 amide bonds. The van der Waals surface area contributed by atoms with Gasteiger partial charge in [0.25, 0.3) is 0 Å². The Labute approximate surface area is 137 Å². The van der Waals surface area contributed by atoms with Gasteiger partial charge in [0.1, 0.15) is 11.7 Å². The number of carbonyl (C=O) groups is 1. The predicted molar refractivity (Wildman–Crippen MR) is 86.8 cm³/mol. The maximum Gasteiger partial charge on any atom is 0.163 e. The lowest BCUT2D eigenvalue weighted by Crippen LogP contribution is -2.24. The maximum atomic E-state index is 13.2. The van der Waals surface area contributed by atoms with Crippen molar-refractivity contribution in [3.8, 4) is 0 Å². The lowest BCUT2D eigenvalue weighted by Gasteiger charge is -2.18. The van der Waals surface area contributed by atoms with Crippen molar-refractivity contribution in [3.05, 3.63) is 64.9 Å². The van der Waals surface area contributed by atoms with E-state index < -0.39 is 5.82 Å². The van der Waals surface area contributed by atoms with Crippen LogP contribution in [0.5, 0.6) is 0 Å². The minimum Gasteiger partial charge on any atom is -0.294 e. The average molecular weight is 333 g/mol. The van der Waals surface area contributed by atoms with Gasteiger partial charge in [-0.1, -0.05) is 47.2 Å². The highest BCUT2D eigenvalue weighted by atomic mass is 35.5. The van der Waals surface area contributed by atoms with Crippen molar-refractivity contribution >= 4 is 28.9 Å². The lowest BCUT2D eigenvalue weighted by molar-refractivity contribution is 0.0984. The number of amidine groups is 1. The van der Waals surface area contributed by atoms with E-state index in [-0.39, 0.29) is 29.5 Å². The number of nitrogens with zero attached hydrogens (tertiary/aromatic N) is 2. The average Bonchev–Trinajstić information content (AvgIpc) is 2.57. The van der Waals surface area contributed by atoms with Crippen molar-refractivity contribution in [2.45, 2.75) is 12.8 Å². The molecule has 0 radical (unpaired) electrons. The topological polar surface area (TPSA) is 80.4 Å². The van der Waals surface area contributed by atoms with E-state index in [2.05, 4.69) is 5.22 Å². The fraction of sp³-hybridized carbons (Fsp3) is 0.125. The van der Waals surface area contributed by atoms with Gasteiger partial charge < -0.3 is 0 Å². The molecule has 23 heavy (non-hydrogen) atoms. The molecule has 0 aliphatic rings. The van der Waals surface area contributed by atoms with Crippen LogP contribution >= 0.6 is 11.6 Å². The van der Waals surface area contributed by atoms with E-state index in [0.717, 1.165) is 11.1 Å². The van der Waals surface area contributed by atoms with E-state index in [1.807, 2.05) is 6.07 Å². The molecule has 0 fully saturated rings. The standard InChI is InChI=1S/C16H14ClFN4O/c17-13-10-12(6-7-14(13)18)22(21-20)16(19)9-8-15(23)11-4-2-1-3-5-11/h1-7,10,19-20H,8-9H2. The Hall–Kier alpha value is -2.60. The van der Waals surface area contributed by atoms with E-state index in [1.54, 1.807) is 24.3 Å². The Morgan fingerprint density at radius 1 is 1.17 bits per heavy atom. The van der Waals surface area contributed by atoms with Crippen molar-refractivity contribution in [3.63, 3.8) is 0 Å². The third-order valence-corrected chi connectivity index (χ3v) is 3.48. The van der Waals surface area contributed by atoms with Crippen LogP contribution in [0.1, 0.15) is 23.2 Å². The van der Waals surface area contributed by atoms with Crippen LogP contribution in [0, 0.1) is 16.8 Å². The molecular weight excluding hydrogens is 319 g/mol. The van der Waals surface area contributed by atoms with Crippen LogP contribution in [-0.4, -0.2) is 11.6 Å². The second-order valence-electron chi connectivity index (χ2n) is 4.75. The summed E-state index contributed by atoms with van der Waals surface area (Å²) in [5.74, 6) is -0.740. The van der Waals surface area contributed by atoms with E-state index in [1.165, 1.54) is 12.1 Å². The SMILES string of the molecule is N=NN(C(=N)CCC(=O)c1ccccc1)c1ccc(F)c(Cl)c1. The molecule has 5 nitrogen and oxygen atoms in total. The Balaban J connectivity index is 2.04. The number of hydrogen-bond donors (Lipinski definition) is 2. The molecule has 0 saturated heterocycles. The second kappa shape index (κ2) is 7.60. The number of anilines is 1. The summed E-state index contributed by atoms with van der Waals surface area (Å²) in [5, 5.41) is 12.1. The largest absolute Gasteiger partial charge is 0.294 e. The van der Waals surface area contributed by atoms with Gasteiger partial charge in [-0.15, -0.1) is 0 Å². The molecule has 2 aromatic carbocycles. The molecule has 0 unspecified atom stereocenters. The number of benzene rings is 2. The van der Waals surface area contributed by atoms with Crippen LogP contribution in [0.4, 0.5) is 10.1 Å². The molecule has 2 rings (SSSR count). The van der Waals surface area contributed by atoms with Crippen molar-refractivity contribution in [1.29, 1.82) is 10.9 Å². The molecule has 0 heterocycles. The lowest BCUT2D eigenvalue weighted by atomic mass is 10.1.